The van der Waals surface area contributed by atoms with Crippen LogP contribution in [0.5, 0.6) is 0 Å². The second kappa shape index (κ2) is 8.72. The minimum Gasteiger partial charge on any atom is -0.0878 e. The van der Waals surface area contributed by atoms with Crippen LogP contribution in [-0.2, 0) is 0 Å². The third kappa shape index (κ3) is 3.85. The molecule has 0 aromatic heterocycles. The summed E-state index contributed by atoms with van der Waals surface area (Å²) in [6.45, 7) is 12.8. The summed E-state index contributed by atoms with van der Waals surface area (Å²) in [5, 5.41) is 0. The Labute approximate surface area is 198 Å². The zero-order chi connectivity index (χ0) is 21.0. The largest absolute Gasteiger partial charge is 0.0878 e. The molecular formula is C27H46Br2. The summed E-state index contributed by atoms with van der Waals surface area (Å²) < 4.78 is 0. The van der Waals surface area contributed by atoms with Crippen molar-refractivity contribution in [2.75, 3.05) is 0 Å². The van der Waals surface area contributed by atoms with E-state index in [1.54, 1.807) is 0 Å². The van der Waals surface area contributed by atoms with Crippen LogP contribution in [0.25, 0.3) is 0 Å². The second-order valence-electron chi connectivity index (χ2n) is 12.5. The van der Waals surface area contributed by atoms with E-state index in [0.717, 1.165) is 41.4 Å². The lowest BCUT2D eigenvalue weighted by molar-refractivity contribution is -0.109. The molecule has 0 aromatic carbocycles. The topological polar surface area (TPSA) is 0 Å². The molecule has 29 heavy (non-hydrogen) atoms. The van der Waals surface area contributed by atoms with Crippen molar-refractivity contribution in [2.24, 2.45) is 52.3 Å². The number of rotatable bonds is 5. The zero-order valence-electron chi connectivity index (χ0n) is 19.7. The third-order valence-corrected chi connectivity index (χ3v) is 14.2. The first-order valence-corrected chi connectivity index (χ1v) is 14.8. The molecule has 4 fully saturated rings. The molecule has 0 bridgehead atoms. The third-order valence-electron chi connectivity index (χ3n) is 10.9. The Morgan fingerprint density at radius 1 is 0.828 bits per heavy atom. The van der Waals surface area contributed by atoms with Crippen molar-refractivity contribution in [3.8, 4) is 0 Å². The first-order valence-electron chi connectivity index (χ1n) is 13.0. The normalized spacial score (nSPS) is 50.7. The van der Waals surface area contributed by atoms with Crippen LogP contribution in [-0.4, -0.2) is 9.65 Å². The maximum absolute atomic E-state index is 4.23. The standard InChI is InChI=1S/C27H46Br2/c1-17(2)7-6-8-18(3)21-12-13-22-20-11-9-19-10-14-24(28)25(29)27(19,5)23(20)15-16-26(21,22)4/h17-25H,6-16H2,1-5H3/t18-,19+,20+,21+,22-,23-,24+,25+,26-,27+/m1/s1. The summed E-state index contributed by atoms with van der Waals surface area (Å²) in [6.07, 6.45) is 16.2. The molecule has 4 aliphatic carbocycles. The van der Waals surface area contributed by atoms with Crippen molar-refractivity contribution >= 4 is 31.9 Å². The quantitative estimate of drug-likeness (QED) is 0.311. The maximum Gasteiger partial charge on any atom is 0.0330 e. The fraction of sp³-hybridized carbons (Fsp3) is 1.00. The molecule has 0 unspecified atom stereocenters. The van der Waals surface area contributed by atoms with Gasteiger partial charge in [-0.3, -0.25) is 0 Å². The fourth-order valence-corrected chi connectivity index (χ4v) is 11.1. The highest BCUT2D eigenvalue weighted by molar-refractivity contribution is 9.12. The molecule has 4 aliphatic rings. The molecule has 4 saturated carbocycles. The van der Waals surface area contributed by atoms with Gasteiger partial charge in [-0.1, -0.05) is 85.7 Å². The van der Waals surface area contributed by atoms with E-state index in [1.165, 1.54) is 70.6 Å². The maximum atomic E-state index is 4.23. The van der Waals surface area contributed by atoms with Gasteiger partial charge in [0, 0.05) is 9.65 Å². The molecule has 0 spiro atoms. The van der Waals surface area contributed by atoms with Crippen LogP contribution in [0.1, 0.15) is 105 Å². The molecule has 0 N–H and O–H groups in total. The first kappa shape index (κ1) is 23.1. The number of fused-ring (bicyclic) bond motifs is 5. The first-order chi connectivity index (χ1) is 13.7. The van der Waals surface area contributed by atoms with Crippen LogP contribution in [0.3, 0.4) is 0 Å². The summed E-state index contributed by atoms with van der Waals surface area (Å²) in [5.41, 5.74) is 1.14. The van der Waals surface area contributed by atoms with Gasteiger partial charge in [-0.05, 0) is 104 Å². The minimum atomic E-state index is 0.512. The summed E-state index contributed by atoms with van der Waals surface area (Å²) in [4.78, 5) is 1.34. The van der Waals surface area contributed by atoms with Crippen LogP contribution in [0, 0.1) is 52.3 Å². The smallest absolute Gasteiger partial charge is 0.0330 e. The van der Waals surface area contributed by atoms with Crippen LogP contribution in [0.4, 0.5) is 0 Å². The van der Waals surface area contributed by atoms with E-state index in [-0.39, 0.29) is 0 Å². The fourth-order valence-electron chi connectivity index (χ4n) is 9.28. The second-order valence-corrected chi connectivity index (χ2v) is 14.7. The molecule has 0 saturated heterocycles. The van der Waals surface area contributed by atoms with E-state index in [1.807, 2.05) is 0 Å². The van der Waals surface area contributed by atoms with Gasteiger partial charge in [0.05, 0.1) is 0 Å². The van der Waals surface area contributed by atoms with Crippen molar-refractivity contribution < 1.29 is 0 Å². The molecule has 0 nitrogen and oxygen atoms in total. The predicted octanol–water partition coefficient (Wildman–Crippen LogP) is 9.24. The van der Waals surface area contributed by atoms with Crippen LogP contribution in [0.15, 0.2) is 0 Å². The van der Waals surface area contributed by atoms with Crippen molar-refractivity contribution in [2.45, 2.75) is 115 Å². The highest BCUT2D eigenvalue weighted by Gasteiger charge is 2.62. The van der Waals surface area contributed by atoms with Crippen molar-refractivity contribution in [1.29, 1.82) is 0 Å². The Balaban J connectivity index is 1.50. The monoisotopic (exact) mass is 528 g/mol. The average molecular weight is 530 g/mol. The highest BCUT2D eigenvalue weighted by Crippen LogP contribution is 2.69. The molecule has 10 atom stereocenters. The summed E-state index contributed by atoms with van der Waals surface area (Å²) >= 11 is 8.28. The molecule has 0 aromatic rings. The van der Waals surface area contributed by atoms with Crippen LogP contribution < -0.4 is 0 Å². The van der Waals surface area contributed by atoms with Gasteiger partial charge in [0.2, 0.25) is 0 Å². The van der Waals surface area contributed by atoms with Gasteiger partial charge in [-0.15, -0.1) is 0 Å². The lowest BCUT2D eigenvalue weighted by Gasteiger charge is -2.63. The Bertz CT molecular complexity index is 569. The van der Waals surface area contributed by atoms with Crippen molar-refractivity contribution in [1.82, 2.24) is 0 Å². The Hall–Kier alpha value is 0.960. The van der Waals surface area contributed by atoms with Gasteiger partial charge in [-0.25, -0.2) is 0 Å². The van der Waals surface area contributed by atoms with E-state index in [4.69, 9.17) is 0 Å². The Morgan fingerprint density at radius 3 is 2.28 bits per heavy atom. The van der Waals surface area contributed by atoms with Gasteiger partial charge in [0.15, 0.2) is 0 Å². The zero-order valence-corrected chi connectivity index (χ0v) is 22.9. The van der Waals surface area contributed by atoms with Crippen LogP contribution >= 0.6 is 31.9 Å². The molecule has 0 radical (unpaired) electrons. The molecule has 0 heterocycles. The highest BCUT2D eigenvalue weighted by atomic mass is 79.9. The number of hydrogen-bond acceptors (Lipinski definition) is 0. The number of hydrogen-bond donors (Lipinski definition) is 0. The molecule has 0 amide bonds. The van der Waals surface area contributed by atoms with Crippen molar-refractivity contribution in [3.63, 3.8) is 0 Å². The number of alkyl halides is 2. The van der Waals surface area contributed by atoms with Gasteiger partial charge >= 0.3 is 0 Å². The lowest BCUT2D eigenvalue weighted by atomic mass is 9.44. The van der Waals surface area contributed by atoms with Gasteiger partial charge in [-0.2, -0.15) is 0 Å². The molecule has 2 heteroatoms. The average Bonchev–Trinajstić information content (AvgIpc) is 3.02. The Kier molecular flexibility index (Phi) is 6.95. The van der Waals surface area contributed by atoms with Crippen LogP contribution in [0.2, 0.25) is 0 Å². The predicted molar refractivity (Wildman–Crippen MR) is 134 cm³/mol. The SMILES string of the molecule is CC(C)CCC[C@@H](C)[C@@H]1CC[C@@H]2[C@@H]3CC[C@H]4CC[C@H](Br)[C@H](Br)[C@]4(C)[C@@H]3CC[C@@]21C. The van der Waals surface area contributed by atoms with Gasteiger partial charge < -0.3 is 0 Å². The van der Waals surface area contributed by atoms with E-state index in [0.29, 0.717) is 20.5 Å². The van der Waals surface area contributed by atoms with E-state index < -0.39 is 0 Å². The minimum absolute atomic E-state index is 0.512. The molecular weight excluding hydrogens is 484 g/mol. The van der Waals surface area contributed by atoms with Crippen molar-refractivity contribution in [3.05, 3.63) is 0 Å². The summed E-state index contributed by atoms with van der Waals surface area (Å²) in [7, 11) is 0. The van der Waals surface area contributed by atoms with Gasteiger partial charge in [0.1, 0.15) is 0 Å². The van der Waals surface area contributed by atoms with E-state index in [9.17, 15) is 0 Å². The lowest BCUT2D eigenvalue weighted by Crippen LogP contribution is -2.58. The number of halogens is 2. The molecule has 168 valence electrons. The Morgan fingerprint density at radius 2 is 1.55 bits per heavy atom. The molecule has 0 aliphatic heterocycles. The summed E-state index contributed by atoms with van der Waals surface area (Å²) in [6, 6.07) is 0. The molecule has 4 rings (SSSR count). The van der Waals surface area contributed by atoms with Gasteiger partial charge in [0.25, 0.3) is 0 Å². The van der Waals surface area contributed by atoms with E-state index >= 15 is 0 Å². The summed E-state index contributed by atoms with van der Waals surface area (Å²) in [5.74, 6) is 6.70. The van der Waals surface area contributed by atoms with E-state index in [2.05, 4.69) is 66.5 Å².